The van der Waals surface area contributed by atoms with Gasteiger partial charge in [0.25, 0.3) is 5.91 Å². The molecule has 0 fully saturated rings. The third kappa shape index (κ3) is 3.46. The van der Waals surface area contributed by atoms with Crippen molar-refractivity contribution in [2.45, 2.75) is 31.7 Å². The van der Waals surface area contributed by atoms with E-state index in [0.717, 1.165) is 23.3 Å². The number of thiophene rings is 1. The van der Waals surface area contributed by atoms with Gasteiger partial charge in [-0.25, -0.2) is 9.97 Å². The van der Waals surface area contributed by atoms with Gasteiger partial charge >= 0.3 is 0 Å². The SMILES string of the molecule is O=C(N[C@H](c1ccc2c(c1)CCCC2)c1cccs1)c1ncccn1. The fourth-order valence-corrected chi connectivity index (χ4v) is 4.12. The summed E-state index contributed by atoms with van der Waals surface area (Å²) in [5, 5.41) is 5.14. The molecule has 1 aliphatic carbocycles. The van der Waals surface area contributed by atoms with E-state index in [-0.39, 0.29) is 17.8 Å². The summed E-state index contributed by atoms with van der Waals surface area (Å²) >= 11 is 1.64. The van der Waals surface area contributed by atoms with Crippen LogP contribution in [0.3, 0.4) is 0 Å². The minimum absolute atomic E-state index is 0.177. The Morgan fingerprint density at radius 3 is 2.60 bits per heavy atom. The Bertz CT molecular complexity index is 862. The molecule has 0 saturated heterocycles. The van der Waals surface area contributed by atoms with Crippen LogP contribution in [0.1, 0.15) is 51.1 Å². The number of hydrogen-bond donors (Lipinski definition) is 1. The molecular weight excluding hydrogens is 330 g/mol. The molecule has 1 aromatic carbocycles. The maximum Gasteiger partial charge on any atom is 0.289 e. The Morgan fingerprint density at radius 1 is 1.04 bits per heavy atom. The average Bonchev–Trinajstić information content (AvgIpc) is 3.20. The van der Waals surface area contributed by atoms with Crippen molar-refractivity contribution in [2.24, 2.45) is 0 Å². The number of aryl methyl sites for hydroxylation is 2. The molecule has 0 radical (unpaired) electrons. The molecule has 1 N–H and O–H groups in total. The second-order valence-corrected chi connectivity index (χ2v) is 7.21. The van der Waals surface area contributed by atoms with E-state index in [1.54, 1.807) is 29.8 Å². The molecule has 1 atom stereocenters. The molecule has 0 spiro atoms. The normalized spacial score (nSPS) is 14.6. The van der Waals surface area contributed by atoms with Crippen molar-refractivity contribution >= 4 is 17.2 Å². The average molecular weight is 349 g/mol. The summed E-state index contributed by atoms with van der Waals surface area (Å²) in [6, 6.07) is 12.2. The van der Waals surface area contributed by atoms with Gasteiger partial charge in [0.15, 0.2) is 0 Å². The minimum atomic E-state index is -0.253. The first-order valence-corrected chi connectivity index (χ1v) is 9.42. The Hall–Kier alpha value is -2.53. The highest BCUT2D eigenvalue weighted by Gasteiger charge is 2.21. The van der Waals surface area contributed by atoms with E-state index in [1.807, 2.05) is 11.4 Å². The molecule has 1 aliphatic rings. The van der Waals surface area contributed by atoms with Gasteiger partial charge in [-0.3, -0.25) is 4.79 Å². The number of nitrogens with zero attached hydrogens (tertiary/aromatic N) is 2. The smallest absolute Gasteiger partial charge is 0.289 e. The topological polar surface area (TPSA) is 54.9 Å². The van der Waals surface area contributed by atoms with Crippen molar-refractivity contribution < 1.29 is 4.79 Å². The first kappa shape index (κ1) is 16.0. The highest BCUT2D eigenvalue weighted by atomic mass is 32.1. The second-order valence-electron chi connectivity index (χ2n) is 6.23. The predicted octanol–water partition coefficient (Wildman–Crippen LogP) is 3.94. The lowest BCUT2D eigenvalue weighted by Crippen LogP contribution is -2.30. The lowest BCUT2D eigenvalue weighted by Gasteiger charge is -2.21. The van der Waals surface area contributed by atoms with Crippen molar-refractivity contribution in [1.82, 2.24) is 15.3 Å². The largest absolute Gasteiger partial charge is 0.338 e. The number of benzene rings is 1. The van der Waals surface area contributed by atoms with Gasteiger partial charge in [0, 0.05) is 17.3 Å². The lowest BCUT2D eigenvalue weighted by molar-refractivity contribution is 0.0933. The van der Waals surface area contributed by atoms with Crippen LogP contribution >= 0.6 is 11.3 Å². The van der Waals surface area contributed by atoms with Crippen LogP contribution in [0.15, 0.2) is 54.2 Å². The number of fused-ring (bicyclic) bond motifs is 1. The Labute approximate surface area is 151 Å². The van der Waals surface area contributed by atoms with Gasteiger partial charge in [0.05, 0.1) is 6.04 Å². The molecule has 5 heteroatoms. The van der Waals surface area contributed by atoms with E-state index in [2.05, 4.69) is 39.6 Å². The van der Waals surface area contributed by atoms with Gasteiger partial charge in [0.2, 0.25) is 5.82 Å². The predicted molar refractivity (Wildman–Crippen MR) is 98.7 cm³/mol. The standard InChI is InChI=1S/C20H19N3OS/c24-20(19-21-10-4-11-22-19)23-18(17-7-3-12-25-17)16-9-8-14-5-1-2-6-15(14)13-16/h3-4,7-13,18H,1-2,5-6H2,(H,23,24)/t18-/m1/s1. The van der Waals surface area contributed by atoms with Gasteiger partial charge in [-0.1, -0.05) is 24.3 Å². The van der Waals surface area contributed by atoms with Crippen LogP contribution in [0.2, 0.25) is 0 Å². The van der Waals surface area contributed by atoms with Crippen LogP contribution in [0.25, 0.3) is 0 Å². The molecule has 4 nitrogen and oxygen atoms in total. The van der Waals surface area contributed by atoms with E-state index in [9.17, 15) is 4.79 Å². The van der Waals surface area contributed by atoms with Crippen LogP contribution in [-0.4, -0.2) is 15.9 Å². The number of amides is 1. The summed E-state index contributed by atoms with van der Waals surface area (Å²) in [4.78, 5) is 21.8. The molecule has 0 saturated carbocycles. The van der Waals surface area contributed by atoms with Gasteiger partial charge < -0.3 is 5.32 Å². The molecule has 3 aromatic rings. The van der Waals surface area contributed by atoms with E-state index in [0.29, 0.717) is 0 Å². The van der Waals surface area contributed by atoms with E-state index in [4.69, 9.17) is 0 Å². The third-order valence-electron chi connectivity index (χ3n) is 4.58. The van der Waals surface area contributed by atoms with Crippen molar-refractivity contribution in [3.63, 3.8) is 0 Å². The molecule has 25 heavy (non-hydrogen) atoms. The molecule has 0 unspecified atom stereocenters. The molecule has 126 valence electrons. The number of carbonyl (C=O) groups excluding carboxylic acids is 1. The van der Waals surface area contributed by atoms with Gasteiger partial charge in [-0.15, -0.1) is 11.3 Å². The number of rotatable bonds is 4. The van der Waals surface area contributed by atoms with Crippen molar-refractivity contribution in [3.8, 4) is 0 Å². The van der Waals surface area contributed by atoms with Crippen LogP contribution in [0.4, 0.5) is 0 Å². The summed E-state index contributed by atoms with van der Waals surface area (Å²) < 4.78 is 0. The zero-order valence-electron chi connectivity index (χ0n) is 13.8. The fraction of sp³-hybridized carbons (Fsp3) is 0.250. The van der Waals surface area contributed by atoms with Crippen molar-refractivity contribution in [2.75, 3.05) is 0 Å². The maximum absolute atomic E-state index is 12.6. The number of carbonyl (C=O) groups is 1. The Kier molecular flexibility index (Phi) is 4.57. The maximum atomic E-state index is 12.6. The van der Waals surface area contributed by atoms with Crippen molar-refractivity contribution in [3.05, 3.63) is 81.6 Å². The van der Waals surface area contributed by atoms with Crippen LogP contribution in [0, 0.1) is 0 Å². The molecule has 2 heterocycles. The van der Waals surface area contributed by atoms with E-state index in [1.165, 1.54) is 24.0 Å². The number of hydrogen-bond acceptors (Lipinski definition) is 4. The summed E-state index contributed by atoms with van der Waals surface area (Å²) in [5.41, 5.74) is 3.97. The highest BCUT2D eigenvalue weighted by molar-refractivity contribution is 7.10. The molecule has 1 amide bonds. The zero-order valence-corrected chi connectivity index (χ0v) is 14.6. The van der Waals surface area contributed by atoms with Gasteiger partial charge in [-0.05, 0) is 59.9 Å². The van der Waals surface area contributed by atoms with Gasteiger partial charge in [-0.2, -0.15) is 0 Å². The van der Waals surface area contributed by atoms with E-state index >= 15 is 0 Å². The quantitative estimate of drug-likeness (QED) is 0.776. The second kappa shape index (κ2) is 7.15. The van der Waals surface area contributed by atoms with Crippen LogP contribution in [0.5, 0.6) is 0 Å². The fourth-order valence-electron chi connectivity index (χ4n) is 3.32. The molecule has 0 aliphatic heterocycles. The zero-order chi connectivity index (χ0) is 17.1. The first-order chi connectivity index (χ1) is 12.3. The Balaban J connectivity index is 1.66. The minimum Gasteiger partial charge on any atom is -0.338 e. The molecule has 2 aromatic heterocycles. The van der Waals surface area contributed by atoms with Crippen LogP contribution < -0.4 is 5.32 Å². The van der Waals surface area contributed by atoms with Crippen LogP contribution in [-0.2, 0) is 12.8 Å². The molecule has 0 bridgehead atoms. The first-order valence-electron chi connectivity index (χ1n) is 8.54. The summed E-state index contributed by atoms with van der Waals surface area (Å²) in [7, 11) is 0. The molecule has 4 rings (SSSR count). The van der Waals surface area contributed by atoms with E-state index < -0.39 is 0 Å². The number of aromatic nitrogens is 2. The highest BCUT2D eigenvalue weighted by Crippen LogP contribution is 2.30. The monoisotopic (exact) mass is 349 g/mol. The lowest BCUT2D eigenvalue weighted by atomic mass is 9.89. The molecular formula is C20H19N3OS. The summed E-state index contributed by atoms with van der Waals surface area (Å²) in [5.74, 6) is -0.0567. The summed E-state index contributed by atoms with van der Waals surface area (Å²) in [6.07, 6.45) is 7.95. The number of nitrogens with one attached hydrogen (secondary N) is 1. The van der Waals surface area contributed by atoms with Crippen molar-refractivity contribution in [1.29, 1.82) is 0 Å². The Morgan fingerprint density at radius 2 is 1.84 bits per heavy atom. The summed E-state index contributed by atoms with van der Waals surface area (Å²) in [6.45, 7) is 0. The third-order valence-corrected chi connectivity index (χ3v) is 5.52. The van der Waals surface area contributed by atoms with Gasteiger partial charge in [0.1, 0.15) is 0 Å².